The summed E-state index contributed by atoms with van der Waals surface area (Å²) in [6, 6.07) is 0. The Kier molecular flexibility index (Phi) is 3.50. The summed E-state index contributed by atoms with van der Waals surface area (Å²) in [7, 11) is 1.35. The topological polar surface area (TPSA) is 55.4 Å². The van der Waals surface area contributed by atoms with Crippen molar-refractivity contribution < 1.29 is 14.3 Å². The summed E-state index contributed by atoms with van der Waals surface area (Å²) in [5.74, 6) is -0.310. The molecule has 0 atom stereocenters. The Hall–Kier alpha value is -1.32. The fourth-order valence-electron chi connectivity index (χ4n) is 2.05. The van der Waals surface area contributed by atoms with E-state index in [0.29, 0.717) is 12.8 Å². The number of nitrogens with one attached hydrogen (secondary N) is 1. The summed E-state index contributed by atoms with van der Waals surface area (Å²) in [5.41, 5.74) is 0.332. The Morgan fingerprint density at radius 3 is 2.53 bits per heavy atom. The third-order valence-corrected chi connectivity index (χ3v) is 3.20. The lowest BCUT2D eigenvalue weighted by Gasteiger charge is -2.26. The highest BCUT2D eigenvalue weighted by molar-refractivity contribution is 5.91. The Morgan fingerprint density at radius 1 is 1.47 bits per heavy atom. The quantitative estimate of drug-likeness (QED) is 0.714. The number of hydrogen-bond donors (Lipinski definition) is 1. The van der Waals surface area contributed by atoms with Crippen LogP contribution in [-0.4, -0.2) is 19.0 Å². The molecule has 0 aromatic rings. The first kappa shape index (κ1) is 11.8. The van der Waals surface area contributed by atoms with Crippen molar-refractivity contribution in [1.82, 2.24) is 5.32 Å². The van der Waals surface area contributed by atoms with Gasteiger partial charge in [0.1, 0.15) is 0 Å². The summed E-state index contributed by atoms with van der Waals surface area (Å²) in [4.78, 5) is 22.9. The molecule has 1 aliphatic heterocycles. The summed E-state index contributed by atoms with van der Waals surface area (Å²) in [6.07, 6.45) is 3.25. The van der Waals surface area contributed by atoms with Gasteiger partial charge in [-0.1, -0.05) is 13.8 Å². The van der Waals surface area contributed by atoms with Gasteiger partial charge in [-0.15, -0.1) is 0 Å². The molecule has 0 aliphatic carbocycles. The van der Waals surface area contributed by atoms with E-state index in [9.17, 15) is 9.59 Å². The number of methoxy groups -OCH3 is 1. The van der Waals surface area contributed by atoms with Gasteiger partial charge in [0.05, 0.1) is 18.9 Å². The summed E-state index contributed by atoms with van der Waals surface area (Å²) in [6.45, 7) is 3.92. The molecule has 0 radical (unpaired) electrons. The van der Waals surface area contributed by atoms with Gasteiger partial charge >= 0.3 is 5.97 Å². The highest BCUT2D eigenvalue weighted by Crippen LogP contribution is 2.40. The van der Waals surface area contributed by atoms with Gasteiger partial charge in [-0.05, 0) is 18.4 Å². The maximum atomic E-state index is 11.7. The smallest absolute Gasteiger partial charge is 0.309 e. The minimum atomic E-state index is -0.506. The molecule has 0 saturated heterocycles. The molecule has 0 aromatic heterocycles. The third-order valence-electron chi connectivity index (χ3n) is 3.20. The van der Waals surface area contributed by atoms with Crippen LogP contribution < -0.4 is 5.32 Å². The predicted octanol–water partition coefficient (Wildman–Crippen LogP) is 1.37. The number of ether oxygens (including phenoxy) is 1. The first-order valence-electron chi connectivity index (χ1n) is 5.18. The second kappa shape index (κ2) is 4.47. The normalized spacial score (nSPS) is 18.3. The Balaban J connectivity index is 2.88. The van der Waals surface area contributed by atoms with E-state index in [1.54, 1.807) is 6.20 Å². The van der Waals surface area contributed by atoms with Crippen molar-refractivity contribution in [2.24, 2.45) is 5.41 Å². The first-order chi connectivity index (χ1) is 7.10. The van der Waals surface area contributed by atoms with Crippen LogP contribution in [-0.2, 0) is 14.3 Å². The van der Waals surface area contributed by atoms with E-state index >= 15 is 0 Å². The Bertz CT molecular complexity index is 303. The van der Waals surface area contributed by atoms with Gasteiger partial charge in [0.2, 0.25) is 5.91 Å². The molecule has 0 spiro atoms. The zero-order valence-electron chi connectivity index (χ0n) is 9.42. The van der Waals surface area contributed by atoms with Gasteiger partial charge in [-0.3, -0.25) is 9.59 Å². The SMILES string of the molecule is CCC1(CC)C(=O)NC=C1CC(=O)OC. The van der Waals surface area contributed by atoms with Gasteiger partial charge in [0.15, 0.2) is 0 Å². The minimum Gasteiger partial charge on any atom is -0.469 e. The Labute approximate surface area is 89.7 Å². The molecule has 0 fully saturated rings. The van der Waals surface area contributed by atoms with Crippen LogP contribution in [0, 0.1) is 5.41 Å². The van der Waals surface area contributed by atoms with Crippen molar-refractivity contribution in [1.29, 1.82) is 0 Å². The van der Waals surface area contributed by atoms with Gasteiger partial charge in [0, 0.05) is 6.20 Å². The molecular formula is C11H17NO3. The summed E-state index contributed by atoms with van der Waals surface area (Å²) >= 11 is 0. The van der Waals surface area contributed by atoms with Crippen molar-refractivity contribution in [2.45, 2.75) is 33.1 Å². The maximum Gasteiger partial charge on any atom is 0.309 e. The van der Waals surface area contributed by atoms with E-state index in [-0.39, 0.29) is 18.3 Å². The zero-order chi connectivity index (χ0) is 11.5. The number of rotatable bonds is 4. The van der Waals surface area contributed by atoms with Crippen molar-refractivity contribution >= 4 is 11.9 Å². The fraction of sp³-hybridized carbons (Fsp3) is 0.636. The number of carbonyl (C=O) groups is 2. The van der Waals surface area contributed by atoms with E-state index in [0.717, 1.165) is 5.57 Å². The van der Waals surface area contributed by atoms with Gasteiger partial charge in [-0.25, -0.2) is 0 Å². The molecule has 0 saturated carbocycles. The van der Waals surface area contributed by atoms with E-state index in [1.807, 2.05) is 13.8 Å². The van der Waals surface area contributed by atoms with Crippen molar-refractivity contribution in [3.8, 4) is 0 Å². The maximum absolute atomic E-state index is 11.7. The van der Waals surface area contributed by atoms with Crippen LogP contribution in [0.3, 0.4) is 0 Å². The number of amides is 1. The number of hydrogen-bond acceptors (Lipinski definition) is 3. The highest BCUT2D eigenvalue weighted by Gasteiger charge is 2.42. The number of carbonyl (C=O) groups excluding carboxylic acids is 2. The average Bonchev–Trinajstić information content (AvgIpc) is 2.56. The van der Waals surface area contributed by atoms with Crippen LogP contribution in [0.4, 0.5) is 0 Å². The van der Waals surface area contributed by atoms with Crippen LogP contribution in [0.1, 0.15) is 33.1 Å². The molecule has 1 aliphatic rings. The van der Waals surface area contributed by atoms with E-state index in [4.69, 9.17) is 0 Å². The standard InChI is InChI=1S/C11H17NO3/c1-4-11(5-2)8(6-9(13)15-3)7-12-10(11)14/h7H,4-6H2,1-3H3,(H,12,14). The van der Waals surface area contributed by atoms with Crippen molar-refractivity contribution in [3.63, 3.8) is 0 Å². The van der Waals surface area contributed by atoms with Crippen LogP contribution >= 0.6 is 0 Å². The lowest BCUT2D eigenvalue weighted by atomic mass is 9.75. The van der Waals surface area contributed by atoms with Crippen LogP contribution in [0.5, 0.6) is 0 Å². The molecule has 1 amide bonds. The molecule has 0 unspecified atom stereocenters. The fourth-order valence-corrected chi connectivity index (χ4v) is 2.05. The van der Waals surface area contributed by atoms with Crippen molar-refractivity contribution in [3.05, 3.63) is 11.8 Å². The average molecular weight is 211 g/mol. The highest BCUT2D eigenvalue weighted by atomic mass is 16.5. The molecule has 15 heavy (non-hydrogen) atoms. The molecule has 1 heterocycles. The predicted molar refractivity (Wildman–Crippen MR) is 55.9 cm³/mol. The summed E-state index contributed by atoms with van der Waals surface area (Å²) in [5, 5.41) is 2.68. The molecule has 4 nitrogen and oxygen atoms in total. The monoisotopic (exact) mass is 211 g/mol. The molecule has 4 heteroatoms. The molecule has 0 bridgehead atoms. The lowest BCUT2D eigenvalue weighted by molar-refractivity contribution is -0.140. The zero-order valence-corrected chi connectivity index (χ0v) is 9.42. The lowest BCUT2D eigenvalue weighted by Crippen LogP contribution is -2.33. The van der Waals surface area contributed by atoms with E-state index in [2.05, 4.69) is 10.1 Å². The Morgan fingerprint density at radius 2 is 2.07 bits per heavy atom. The molecule has 1 rings (SSSR count). The van der Waals surface area contributed by atoms with Crippen molar-refractivity contribution in [2.75, 3.05) is 7.11 Å². The van der Waals surface area contributed by atoms with E-state index in [1.165, 1.54) is 7.11 Å². The molecular weight excluding hydrogens is 194 g/mol. The second-order valence-corrected chi connectivity index (χ2v) is 3.69. The molecule has 0 aromatic carbocycles. The minimum absolute atomic E-state index is 0.00796. The summed E-state index contributed by atoms with van der Waals surface area (Å²) < 4.78 is 4.61. The second-order valence-electron chi connectivity index (χ2n) is 3.69. The van der Waals surface area contributed by atoms with Gasteiger partial charge in [0.25, 0.3) is 0 Å². The molecule has 1 N–H and O–H groups in total. The first-order valence-corrected chi connectivity index (χ1v) is 5.18. The van der Waals surface area contributed by atoms with Crippen LogP contribution in [0.25, 0.3) is 0 Å². The van der Waals surface area contributed by atoms with Gasteiger partial charge in [-0.2, -0.15) is 0 Å². The van der Waals surface area contributed by atoms with Gasteiger partial charge < -0.3 is 10.1 Å². The van der Waals surface area contributed by atoms with Crippen LogP contribution in [0.15, 0.2) is 11.8 Å². The largest absolute Gasteiger partial charge is 0.469 e. The van der Waals surface area contributed by atoms with E-state index < -0.39 is 5.41 Å². The molecule has 84 valence electrons. The third kappa shape index (κ3) is 1.89. The van der Waals surface area contributed by atoms with Crippen LogP contribution in [0.2, 0.25) is 0 Å². The number of esters is 1.